The summed E-state index contributed by atoms with van der Waals surface area (Å²) < 4.78 is 5.44. The van der Waals surface area contributed by atoms with Gasteiger partial charge in [0.15, 0.2) is 0 Å². The predicted molar refractivity (Wildman–Crippen MR) is 73.9 cm³/mol. The van der Waals surface area contributed by atoms with Gasteiger partial charge in [-0.15, -0.1) is 6.58 Å². The largest absolute Gasteiger partial charge is 0.492 e. The Labute approximate surface area is 108 Å². The Kier molecular flexibility index (Phi) is 6.58. The fraction of sp³-hybridized carbons (Fsp3) is 0.357. The molecule has 1 aromatic rings. The van der Waals surface area contributed by atoms with Crippen molar-refractivity contribution in [2.75, 3.05) is 25.0 Å². The number of benzene rings is 1. The molecule has 4 nitrogen and oxygen atoms in total. The lowest BCUT2D eigenvalue weighted by Crippen LogP contribution is -2.21. The van der Waals surface area contributed by atoms with Gasteiger partial charge in [0.1, 0.15) is 5.75 Å². The van der Waals surface area contributed by atoms with Crippen molar-refractivity contribution in [3.63, 3.8) is 0 Å². The molecule has 2 N–H and O–H groups in total. The molecule has 0 unspecified atom stereocenters. The molecule has 4 heteroatoms. The fourth-order valence-electron chi connectivity index (χ4n) is 1.47. The van der Waals surface area contributed by atoms with Crippen molar-refractivity contribution in [1.29, 1.82) is 0 Å². The normalized spacial score (nSPS) is 9.83. The summed E-state index contributed by atoms with van der Waals surface area (Å²) in [4.78, 5) is 11.7. The first kappa shape index (κ1) is 14.3. The first-order valence-electron chi connectivity index (χ1n) is 6.11. The minimum atomic E-state index is -0.0290. The standard InChI is InChI=1S/C14H20N2O2/c1-3-10-15-11-9-14(17)16-12-7-5-6-8-13(12)18-4-2/h3,5-8,15H,1,4,9-11H2,2H3,(H,16,17). The Morgan fingerprint density at radius 2 is 2.22 bits per heavy atom. The van der Waals surface area contributed by atoms with E-state index in [9.17, 15) is 4.79 Å². The number of anilines is 1. The van der Waals surface area contributed by atoms with E-state index in [1.807, 2.05) is 31.2 Å². The molecule has 0 fully saturated rings. The van der Waals surface area contributed by atoms with Crippen LogP contribution in [-0.2, 0) is 4.79 Å². The van der Waals surface area contributed by atoms with E-state index in [4.69, 9.17) is 4.74 Å². The lowest BCUT2D eigenvalue weighted by molar-refractivity contribution is -0.116. The highest BCUT2D eigenvalue weighted by molar-refractivity contribution is 5.92. The maximum atomic E-state index is 11.7. The van der Waals surface area contributed by atoms with Crippen molar-refractivity contribution in [2.24, 2.45) is 0 Å². The van der Waals surface area contributed by atoms with E-state index in [1.54, 1.807) is 6.08 Å². The Morgan fingerprint density at radius 1 is 1.44 bits per heavy atom. The van der Waals surface area contributed by atoms with E-state index in [0.29, 0.717) is 37.6 Å². The molecular weight excluding hydrogens is 228 g/mol. The smallest absolute Gasteiger partial charge is 0.225 e. The van der Waals surface area contributed by atoms with E-state index in [0.717, 1.165) is 0 Å². The molecule has 18 heavy (non-hydrogen) atoms. The first-order valence-corrected chi connectivity index (χ1v) is 6.11. The van der Waals surface area contributed by atoms with Crippen LogP contribution in [0.4, 0.5) is 5.69 Å². The quantitative estimate of drug-likeness (QED) is 0.547. The Bertz CT molecular complexity index is 391. The van der Waals surface area contributed by atoms with E-state index in [-0.39, 0.29) is 5.91 Å². The van der Waals surface area contributed by atoms with Gasteiger partial charge in [0.05, 0.1) is 12.3 Å². The van der Waals surface area contributed by atoms with Crippen LogP contribution in [0.1, 0.15) is 13.3 Å². The molecule has 0 aromatic heterocycles. The van der Waals surface area contributed by atoms with Gasteiger partial charge >= 0.3 is 0 Å². The number of rotatable bonds is 8. The summed E-state index contributed by atoms with van der Waals surface area (Å²) in [7, 11) is 0. The van der Waals surface area contributed by atoms with E-state index < -0.39 is 0 Å². The highest BCUT2D eigenvalue weighted by Gasteiger charge is 2.06. The van der Waals surface area contributed by atoms with Crippen molar-refractivity contribution in [2.45, 2.75) is 13.3 Å². The van der Waals surface area contributed by atoms with Gasteiger partial charge in [0.2, 0.25) is 5.91 Å². The molecule has 1 aromatic carbocycles. The van der Waals surface area contributed by atoms with Gasteiger partial charge in [-0.05, 0) is 19.1 Å². The molecule has 0 spiro atoms. The van der Waals surface area contributed by atoms with Crippen LogP contribution in [0.2, 0.25) is 0 Å². The number of carbonyl (C=O) groups is 1. The van der Waals surface area contributed by atoms with Crippen LogP contribution in [-0.4, -0.2) is 25.6 Å². The number of para-hydroxylation sites is 2. The second-order valence-corrected chi connectivity index (χ2v) is 3.72. The number of carbonyl (C=O) groups excluding carboxylic acids is 1. The topological polar surface area (TPSA) is 50.4 Å². The van der Waals surface area contributed by atoms with Crippen LogP contribution >= 0.6 is 0 Å². The van der Waals surface area contributed by atoms with Crippen molar-refractivity contribution in [3.8, 4) is 5.75 Å². The molecule has 0 aliphatic heterocycles. The number of nitrogens with one attached hydrogen (secondary N) is 2. The minimum absolute atomic E-state index is 0.0290. The molecule has 98 valence electrons. The number of amides is 1. The summed E-state index contributed by atoms with van der Waals surface area (Å²) in [6.07, 6.45) is 2.19. The third kappa shape index (κ3) is 5.01. The molecule has 1 amide bonds. The third-order valence-electron chi connectivity index (χ3n) is 2.28. The molecular formula is C14H20N2O2. The van der Waals surface area contributed by atoms with Gasteiger partial charge in [-0.3, -0.25) is 4.79 Å². The summed E-state index contributed by atoms with van der Waals surface area (Å²) in [6.45, 7) is 7.43. The first-order chi connectivity index (χ1) is 8.77. The Balaban J connectivity index is 2.45. The van der Waals surface area contributed by atoms with Crippen LogP contribution in [0.15, 0.2) is 36.9 Å². The lowest BCUT2D eigenvalue weighted by atomic mass is 10.2. The molecule has 0 radical (unpaired) electrons. The predicted octanol–water partition coefficient (Wildman–Crippen LogP) is 2.19. The van der Waals surface area contributed by atoms with Crippen LogP contribution < -0.4 is 15.4 Å². The molecule has 0 saturated carbocycles. The summed E-state index contributed by atoms with van der Waals surface area (Å²) in [5, 5.41) is 5.92. The molecule has 0 aliphatic carbocycles. The maximum absolute atomic E-state index is 11.7. The summed E-state index contributed by atoms with van der Waals surface area (Å²) in [5.74, 6) is 0.672. The molecule has 0 aliphatic rings. The average Bonchev–Trinajstić information content (AvgIpc) is 2.37. The molecule has 0 atom stereocenters. The highest BCUT2D eigenvalue weighted by Crippen LogP contribution is 2.23. The number of hydrogen-bond donors (Lipinski definition) is 2. The summed E-state index contributed by atoms with van der Waals surface area (Å²) >= 11 is 0. The SMILES string of the molecule is C=CCNCCC(=O)Nc1ccccc1OCC. The molecule has 0 heterocycles. The Morgan fingerprint density at radius 3 is 2.94 bits per heavy atom. The molecule has 1 rings (SSSR count). The number of hydrogen-bond acceptors (Lipinski definition) is 3. The zero-order chi connectivity index (χ0) is 13.2. The average molecular weight is 248 g/mol. The maximum Gasteiger partial charge on any atom is 0.225 e. The van der Waals surface area contributed by atoms with Crippen LogP contribution in [0.25, 0.3) is 0 Å². The van der Waals surface area contributed by atoms with E-state index in [1.165, 1.54) is 0 Å². The van der Waals surface area contributed by atoms with E-state index in [2.05, 4.69) is 17.2 Å². The number of ether oxygens (including phenoxy) is 1. The van der Waals surface area contributed by atoms with Gasteiger partial charge in [-0.25, -0.2) is 0 Å². The second-order valence-electron chi connectivity index (χ2n) is 3.72. The minimum Gasteiger partial charge on any atom is -0.492 e. The van der Waals surface area contributed by atoms with Gasteiger partial charge in [0.25, 0.3) is 0 Å². The Hall–Kier alpha value is -1.81. The van der Waals surface area contributed by atoms with Gasteiger partial charge in [-0.2, -0.15) is 0 Å². The fourth-order valence-corrected chi connectivity index (χ4v) is 1.47. The van der Waals surface area contributed by atoms with Gasteiger partial charge in [0, 0.05) is 19.5 Å². The van der Waals surface area contributed by atoms with Crippen LogP contribution in [0, 0.1) is 0 Å². The third-order valence-corrected chi connectivity index (χ3v) is 2.28. The van der Waals surface area contributed by atoms with Crippen molar-refractivity contribution >= 4 is 11.6 Å². The van der Waals surface area contributed by atoms with Gasteiger partial charge < -0.3 is 15.4 Å². The zero-order valence-corrected chi connectivity index (χ0v) is 10.7. The summed E-state index contributed by atoms with van der Waals surface area (Å²) in [6, 6.07) is 7.43. The lowest BCUT2D eigenvalue weighted by Gasteiger charge is -2.11. The molecule has 0 saturated heterocycles. The van der Waals surface area contributed by atoms with Crippen molar-refractivity contribution in [3.05, 3.63) is 36.9 Å². The van der Waals surface area contributed by atoms with Crippen LogP contribution in [0.5, 0.6) is 5.75 Å². The zero-order valence-electron chi connectivity index (χ0n) is 10.7. The van der Waals surface area contributed by atoms with E-state index >= 15 is 0 Å². The van der Waals surface area contributed by atoms with Gasteiger partial charge in [-0.1, -0.05) is 18.2 Å². The second kappa shape index (κ2) is 8.31. The highest BCUT2D eigenvalue weighted by atomic mass is 16.5. The van der Waals surface area contributed by atoms with Crippen LogP contribution in [0.3, 0.4) is 0 Å². The van der Waals surface area contributed by atoms with Crippen molar-refractivity contribution in [1.82, 2.24) is 5.32 Å². The van der Waals surface area contributed by atoms with Crippen molar-refractivity contribution < 1.29 is 9.53 Å². The summed E-state index contributed by atoms with van der Waals surface area (Å²) in [5.41, 5.74) is 0.716. The monoisotopic (exact) mass is 248 g/mol. The molecule has 0 bridgehead atoms.